The number of hydrogen-bond acceptors (Lipinski definition) is 3. The highest BCUT2D eigenvalue weighted by Gasteiger charge is 2.28. The Bertz CT molecular complexity index is 148. The fraction of sp³-hybridized carbons (Fsp3) is 0.900. The highest BCUT2D eigenvalue weighted by Crippen LogP contribution is 2.23. The third-order valence-electron chi connectivity index (χ3n) is 2.13. The van der Waals surface area contributed by atoms with E-state index in [-0.39, 0.29) is 12.4 Å². The topological polar surface area (TPSA) is 46.5 Å². The second-order valence-corrected chi connectivity index (χ2v) is 3.48. The molecule has 0 spiro atoms. The SMILES string of the molecule is CCCC(O)(CCC)CC(=O)OC. The third kappa shape index (κ3) is 4.88. The number of hydrogen-bond donors (Lipinski definition) is 1. The zero-order valence-electron chi connectivity index (χ0n) is 8.80. The van der Waals surface area contributed by atoms with Gasteiger partial charge in [0.15, 0.2) is 0 Å². The molecule has 0 atom stereocenters. The Morgan fingerprint density at radius 3 is 2.08 bits per heavy atom. The monoisotopic (exact) mass is 188 g/mol. The van der Waals surface area contributed by atoms with Crippen LogP contribution >= 0.6 is 0 Å². The summed E-state index contributed by atoms with van der Waals surface area (Å²) in [4.78, 5) is 11.0. The maximum absolute atomic E-state index is 11.0. The van der Waals surface area contributed by atoms with E-state index in [4.69, 9.17) is 0 Å². The lowest BCUT2D eigenvalue weighted by Gasteiger charge is -2.25. The highest BCUT2D eigenvalue weighted by atomic mass is 16.5. The van der Waals surface area contributed by atoms with E-state index in [0.717, 1.165) is 12.8 Å². The average molecular weight is 188 g/mol. The molecule has 3 heteroatoms. The van der Waals surface area contributed by atoms with E-state index < -0.39 is 5.60 Å². The number of carbonyl (C=O) groups is 1. The summed E-state index contributed by atoms with van der Waals surface area (Å²) in [6.45, 7) is 4.00. The van der Waals surface area contributed by atoms with Crippen molar-refractivity contribution in [3.05, 3.63) is 0 Å². The van der Waals surface area contributed by atoms with Gasteiger partial charge in [-0.05, 0) is 12.8 Å². The van der Waals surface area contributed by atoms with Crippen LogP contribution in [0.3, 0.4) is 0 Å². The van der Waals surface area contributed by atoms with Crippen molar-refractivity contribution in [2.45, 2.75) is 51.6 Å². The Morgan fingerprint density at radius 1 is 1.31 bits per heavy atom. The molecule has 78 valence electrons. The summed E-state index contributed by atoms with van der Waals surface area (Å²) in [5, 5.41) is 10.0. The Hall–Kier alpha value is -0.570. The van der Waals surface area contributed by atoms with Crippen LogP contribution in [0.25, 0.3) is 0 Å². The van der Waals surface area contributed by atoms with Crippen molar-refractivity contribution in [2.75, 3.05) is 7.11 Å². The van der Waals surface area contributed by atoms with E-state index in [2.05, 4.69) is 4.74 Å². The predicted molar refractivity (Wildman–Crippen MR) is 51.4 cm³/mol. The van der Waals surface area contributed by atoms with Crippen LogP contribution in [-0.2, 0) is 9.53 Å². The van der Waals surface area contributed by atoms with Crippen molar-refractivity contribution in [3.8, 4) is 0 Å². The highest BCUT2D eigenvalue weighted by molar-refractivity contribution is 5.70. The second-order valence-electron chi connectivity index (χ2n) is 3.48. The first-order chi connectivity index (χ1) is 6.08. The van der Waals surface area contributed by atoms with Gasteiger partial charge < -0.3 is 9.84 Å². The predicted octanol–water partition coefficient (Wildman–Crippen LogP) is 1.88. The van der Waals surface area contributed by atoms with Crippen LogP contribution in [0.2, 0.25) is 0 Å². The second kappa shape index (κ2) is 5.97. The number of aliphatic hydroxyl groups is 1. The van der Waals surface area contributed by atoms with Gasteiger partial charge in [0.1, 0.15) is 0 Å². The van der Waals surface area contributed by atoms with Crippen LogP contribution in [0.15, 0.2) is 0 Å². The molecule has 0 aliphatic rings. The average Bonchev–Trinajstić information content (AvgIpc) is 2.04. The molecule has 0 rings (SSSR count). The van der Waals surface area contributed by atoms with E-state index >= 15 is 0 Å². The van der Waals surface area contributed by atoms with Gasteiger partial charge in [0.2, 0.25) is 0 Å². The minimum Gasteiger partial charge on any atom is -0.469 e. The Labute approximate surface area is 80.1 Å². The van der Waals surface area contributed by atoms with Gasteiger partial charge in [0.25, 0.3) is 0 Å². The van der Waals surface area contributed by atoms with Gasteiger partial charge in [0, 0.05) is 0 Å². The van der Waals surface area contributed by atoms with Crippen LogP contribution in [0.5, 0.6) is 0 Å². The smallest absolute Gasteiger partial charge is 0.308 e. The summed E-state index contributed by atoms with van der Waals surface area (Å²) in [6.07, 6.45) is 3.21. The molecule has 0 saturated heterocycles. The van der Waals surface area contributed by atoms with Gasteiger partial charge >= 0.3 is 5.97 Å². The maximum atomic E-state index is 11.0. The number of esters is 1. The molecule has 0 unspecified atom stereocenters. The van der Waals surface area contributed by atoms with E-state index in [1.54, 1.807) is 0 Å². The lowest BCUT2D eigenvalue weighted by atomic mass is 9.89. The summed E-state index contributed by atoms with van der Waals surface area (Å²) in [5.41, 5.74) is -0.851. The molecule has 0 radical (unpaired) electrons. The van der Waals surface area contributed by atoms with E-state index in [9.17, 15) is 9.90 Å². The molecular weight excluding hydrogens is 168 g/mol. The van der Waals surface area contributed by atoms with E-state index in [1.807, 2.05) is 13.8 Å². The molecule has 0 fully saturated rings. The molecule has 0 heterocycles. The summed E-state index contributed by atoms with van der Waals surface area (Å²) in [7, 11) is 1.35. The van der Waals surface area contributed by atoms with Crippen molar-refractivity contribution in [2.24, 2.45) is 0 Å². The van der Waals surface area contributed by atoms with E-state index in [1.165, 1.54) is 7.11 Å². The van der Waals surface area contributed by atoms with Crippen molar-refractivity contribution in [1.82, 2.24) is 0 Å². The Balaban J connectivity index is 4.13. The summed E-state index contributed by atoms with van der Waals surface area (Å²) in [5.74, 6) is -0.329. The molecule has 0 saturated carbocycles. The number of carbonyl (C=O) groups excluding carboxylic acids is 1. The van der Waals surface area contributed by atoms with Crippen LogP contribution in [-0.4, -0.2) is 23.8 Å². The molecule has 0 bridgehead atoms. The minimum absolute atomic E-state index is 0.116. The van der Waals surface area contributed by atoms with Gasteiger partial charge in [-0.25, -0.2) is 0 Å². The molecule has 0 amide bonds. The fourth-order valence-electron chi connectivity index (χ4n) is 1.57. The largest absolute Gasteiger partial charge is 0.469 e. The van der Waals surface area contributed by atoms with Crippen LogP contribution in [0.1, 0.15) is 46.0 Å². The number of rotatable bonds is 6. The molecule has 0 aromatic rings. The maximum Gasteiger partial charge on any atom is 0.308 e. The molecule has 3 nitrogen and oxygen atoms in total. The molecular formula is C10H20O3. The minimum atomic E-state index is -0.851. The van der Waals surface area contributed by atoms with Crippen LogP contribution in [0, 0.1) is 0 Å². The standard InChI is InChI=1S/C10H20O3/c1-4-6-10(12,7-5-2)8-9(11)13-3/h12H,4-8H2,1-3H3. The molecule has 0 aromatic heterocycles. The van der Waals surface area contributed by atoms with Crippen molar-refractivity contribution in [1.29, 1.82) is 0 Å². The Kier molecular flexibility index (Phi) is 5.71. The lowest BCUT2D eigenvalue weighted by Crippen LogP contribution is -2.31. The summed E-state index contributed by atoms with van der Waals surface area (Å²) >= 11 is 0. The zero-order chi connectivity index (χ0) is 10.3. The van der Waals surface area contributed by atoms with Crippen LogP contribution < -0.4 is 0 Å². The van der Waals surface area contributed by atoms with Gasteiger partial charge in [-0.1, -0.05) is 26.7 Å². The van der Waals surface area contributed by atoms with Gasteiger partial charge in [-0.2, -0.15) is 0 Å². The van der Waals surface area contributed by atoms with E-state index in [0.29, 0.717) is 12.8 Å². The van der Waals surface area contributed by atoms with Crippen molar-refractivity contribution in [3.63, 3.8) is 0 Å². The van der Waals surface area contributed by atoms with Crippen molar-refractivity contribution >= 4 is 5.97 Å². The summed E-state index contributed by atoms with van der Waals surface area (Å²) < 4.78 is 4.54. The normalized spacial score (nSPS) is 11.4. The van der Waals surface area contributed by atoms with Crippen molar-refractivity contribution < 1.29 is 14.6 Å². The lowest BCUT2D eigenvalue weighted by molar-refractivity contribution is -0.146. The fourth-order valence-corrected chi connectivity index (χ4v) is 1.57. The first kappa shape index (κ1) is 12.4. The Morgan fingerprint density at radius 2 is 1.77 bits per heavy atom. The molecule has 0 aliphatic carbocycles. The number of methoxy groups -OCH3 is 1. The summed E-state index contributed by atoms with van der Waals surface area (Å²) in [6, 6.07) is 0. The van der Waals surface area contributed by atoms with Gasteiger partial charge in [0.05, 0.1) is 19.1 Å². The quantitative estimate of drug-likeness (QED) is 0.647. The molecule has 1 N–H and O–H groups in total. The number of ether oxygens (including phenoxy) is 1. The zero-order valence-corrected chi connectivity index (χ0v) is 8.80. The first-order valence-electron chi connectivity index (χ1n) is 4.87. The molecule has 0 aromatic carbocycles. The first-order valence-corrected chi connectivity index (χ1v) is 4.87. The van der Waals surface area contributed by atoms with Crippen LogP contribution in [0.4, 0.5) is 0 Å². The molecule has 13 heavy (non-hydrogen) atoms. The third-order valence-corrected chi connectivity index (χ3v) is 2.13. The van der Waals surface area contributed by atoms with Gasteiger partial charge in [-0.15, -0.1) is 0 Å². The van der Waals surface area contributed by atoms with Gasteiger partial charge in [-0.3, -0.25) is 4.79 Å². The molecule has 0 aliphatic heterocycles.